The standard InChI is InChI=1S/C12H16FN3O3S/c1-8(14)16-12(6-20(2,18)19)10-5-9(15-7-17)3-4-11(10)13/h3-5,7,12H,6H2,1-2H3,(H2,14,16)(H,15,17). The topological polar surface area (TPSA) is 102 Å². The molecule has 1 aromatic rings. The number of carbonyl (C=O) groups excluding carboxylic acids is 1. The maximum atomic E-state index is 13.9. The molecule has 0 saturated heterocycles. The van der Waals surface area contributed by atoms with Crippen LogP contribution >= 0.6 is 0 Å². The molecule has 0 heterocycles. The first-order valence-corrected chi connectivity index (χ1v) is 7.76. The Kier molecular flexibility index (Phi) is 5.20. The number of hydrogen-bond donors (Lipinski definition) is 2. The third-order valence-electron chi connectivity index (χ3n) is 2.40. The third kappa shape index (κ3) is 4.96. The van der Waals surface area contributed by atoms with Crippen molar-refractivity contribution in [1.82, 2.24) is 0 Å². The minimum absolute atomic E-state index is 0.0621. The molecule has 1 rings (SSSR count). The zero-order valence-electron chi connectivity index (χ0n) is 11.1. The van der Waals surface area contributed by atoms with E-state index in [4.69, 9.17) is 5.73 Å². The molecule has 1 amide bonds. The first-order valence-electron chi connectivity index (χ1n) is 5.70. The van der Waals surface area contributed by atoms with Crippen LogP contribution in [-0.4, -0.2) is 32.7 Å². The van der Waals surface area contributed by atoms with E-state index >= 15 is 0 Å². The molecule has 20 heavy (non-hydrogen) atoms. The van der Waals surface area contributed by atoms with Crippen LogP contribution in [-0.2, 0) is 14.6 Å². The zero-order chi connectivity index (χ0) is 15.3. The van der Waals surface area contributed by atoms with Gasteiger partial charge in [0.1, 0.15) is 15.7 Å². The zero-order valence-corrected chi connectivity index (χ0v) is 11.9. The number of anilines is 1. The van der Waals surface area contributed by atoms with Gasteiger partial charge in [0.05, 0.1) is 17.6 Å². The molecule has 0 aliphatic carbocycles. The Morgan fingerprint density at radius 3 is 2.70 bits per heavy atom. The summed E-state index contributed by atoms with van der Waals surface area (Å²) in [7, 11) is -3.38. The van der Waals surface area contributed by atoms with Gasteiger partial charge >= 0.3 is 0 Å². The lowest BCUT2D eigenvalue weighted by molar-refractivity contribution is -0.105. The quantitative estimate of drug-likeness (QED) is 0.462. The van der Waals surface area contributed by atoms with Crippen molar-refractivity contribution in [3.63, 3.8) is 0 Å². The van der Waals surface area contributed by atoms with E-state index in [1.165, 1.54) is 19.1 Å². The second kappa shape index (κ2) is 6.47. The summed E-state index contributed by atoms with van der Waals surface area (Å²) in [6.45, 7) is 1.49. The molecule has 1 unspecified atom stereocenters. The molecule has 0 aliphatic heterocycles. The Morgan fingerprint density at radius 1 is 1.55 bits per heavy atom. The van der Waals surface area contributed by atoms with Crippen molar-refractivity contribution < 1.29 is 17.6 Å². The highest BCUT2D eigenvalue weighted by Gasteiger charge is 2.20. The molecular formula is C12H16FN3O3S. The van der Waals surface area contributed by atoms with Gasteiger partial charge in [-0.1, -0.05) is 0 Å². The lowest BCUT2D eigenvalue weighted by Crippen LogP contribution is -2.17. The van der Waals surface area contributed by atoms with Crippen molar-refractivity contribution in [2.24, 2.45) is 10.7 Å². The van der Waals surface area contributed by atoms with Gasteiger partial charge in [-0.25, -0.2) is 12.8 Å². The maximum Gasteiger partial charge on any atom is 0.211 e. The number of hydrogen-bond acceptors (Lipinski definition) is 4. The molecule has 0 aromatic heterocycles. The molecule has 3 N–H and O–H groups in total. The Bertz CT molecular complexity index is 625. The van der Waals surface area contributed by atoms with Crippen LogP contribution < -0.4 is 11.1 Å². The van der Waals surface area contributed by atoms with Crippen molar-refractivity contribution >= 4 is 27.8 Å². The van der Waals surface area contributed by atoms with Gasteiger partial charge in [0.25, 0.3) is 0 Å². The monoisotopic (exact) mass is 301 g/mol. The first kappa shape index (κ1) is 16.1. The molecule has 0 fully saturated rings. The number of nitrogens with zero attached hydrogens (tertiary/aromatic N) is 1. The number of nitrogens with one attached hydrogen (secondary N) is 1. The molecule has 110 valence electrons. The van der Waals surface area contributed by atoms with Crippen LogP contribution in [0.4, 0.5) is 10.1 Å². The van der Waals surface area contributed by atoms with Crippen LogP contribution in [0.3, 0.4) is 0 Å². The molecular weight excluding hydrogens is 285 g/mol. The number of amides is 1. The smallest absolute Gasteiger partial charge is 0.211 e. The van der Waals surface area contributed by atoms with Crippen LogP contribution in [0.25, 0.3) is 0 Å². The largest absolute Gasteiger partial charge is 0.388 e. The van der Waals surface area contributed by atoms with E-state index in [2.05, 4.69) is 10.3 Å². The Balaban J connectivity index is 3.28. The lowest BCUT2D eigenvalue weighted by atomic mass is 10.1. The molecule has 0 radical (unpaired) electrons. The SMILES string of the molecule is CC(N)=NC(CS(C)(=O)=O)c1cc(NC=O)ccc1F. The average Bonchev–Trinajstić information content (AvgIpc) is 2.28. The number of halogens is 1. The van der Waals surface area contributed by atoms with E-state index in [1.807, 2.05) is 0 Å². The van der Waals surface area contributed by atoms with E-state index in [9.17, 15) is 17.6 Å². The van der Waals surface area contributed by atoms with Crippen molar-refractivity contribution in [3.05, 3.63) is 29.6 Å². The molecule has 8 heteroatoms. The highest BCUT2D eigenvalue weighted by molar-refractivity contribution is 7.90. The number of carbonyl (C=O) groups is 1. The summed E-state index contributed by atoms with van der Waals surface area (Å²) in [4.78, 5) is 14.4. The average molecular weight is 301 g/mol. The molecule has 6 nitrogen and oxygen atoms in total. The van der Waals surface area contributed by atoms with E-state index in [1.54, 1.807) is 0 Å². The molecule has 0 bridgehead atoms. The third-order valence-corrected chi connectivity index (χ3v) is 3.32. The number of benzene rings is 1. The summed E-state index contributed by atoms with van der Waals surface area (Å²) in [6.07, 6.45) is 1.48. The summed E-state index contributed by atoms with van der Waals surface area (Å²) >= 11 is 0. The fourth-order valence-corrected chi connectivity index (χ4v) is 2.51. The van der Waals surface area contributed by atoms with Gasteiger partial charge in [0, 0.05) is 17.5 Å². The van der Waals surface area contributed by atoms with Gasteiger partial charge in [0.15, 0.2) is 0 Å². The predicted octanol–water partition coefficient (Wildman–Crippen LogP) is 0.857. The Labute approximate surface area is 116 Å². The maximum absolute atomic E-state index is 13.9. The van der Waals surface area contributed by atoms with Crippen LogP contribution in [0.2, 0.25) is 0 Å². The highest BCUT2D eigenvalue weighted by Crippen LogP contribution is 2.25. The summed E-state index contributed by atoms with van der Waals surface area (Å²) < 4.78 is 36.7. The van der Waals surface area contributed by atoms with Crippen LogP contribution in [0.5, 0.6) is 0 Å². The summed E-state index contributed by atoms with van der Waals surface area (Å²) in [5.41, 5.74) is 5.87. The van der Waals surface area contributed by atoms with Gasteiger partial charge in [-0.2, -0.15) is 0 Å². The minimum atomic E-state index is -3.38. The van der Waals surface area contributed by atoms with E-state index in [0.29, 0.717) is 12.1 Å². The summed E-state index contributed by atoms with van der Waals surface area (Å²) in [5.74, 6) is -0.838. The molecule has 0 saturated carbocycles. The van der Waals surface area contributed by atoms with Crippen molar-refractivity contribution in [3.8, 4) is 0 Å². The van der Waals surface area contributed by atoms with Gasteiger partial charge in [0.2, 0.25) is 6.41 Å². The summed E-state index contributed by atoms with van der Waals surface area (Å²) in [5, 5.41) is 2.37. The number of amidine groups is 1. The lowest BCUT2D eigenvalue weighted by Gasteiger charge is -2.14. The fourth-order valence-electron chi connectivity index (χ4n) is 1.69. The summed E-state index contributed by atoms with van der Waals surface area (Å²) in [6, 6.07) is 2.89. The van der Waals surface area contributed by atoms with Crippen LogP contribution in [0.15, 0.2) is 23.2 Å². The second-order valence-electron chi connectivity index (χ2n) is 4.38. The van der Waals surface area contributed by atoms with Crippen LogP contribution in [0, 0.1) is 5.82 Å². The Morgan fingerprint density at radius 2 is 2.20 bits per heavy atom. The number of nitrogens with two attached hydrogens (primary N) is 1. The predicted molar refractivity (Wildman–Crippen MR) is 75.8 cm³/mol. The normalized spacial score (nSPS) is 13.8. The van der Waals surface area contributed by atoms with E-state index in [-0.39, 0.29) is 17.2 Å². The second-order valence-corrected chi connectivity index (χ2v) is 6.56. The van der Waals surface area contributed by atoms with Crippen molar-refractivity contribution in [2.75, 3.05) is 17.3 Å². The van der Waals surface area contributed by atoms with Crippen molar-refractivity contribution in [1.29, 1.82) is 0 Å². The number of aliphatic imine (C=N–C) groups is 1. The molecule has 1 atom stereocenters. The van der Waals surface area contributed by atoms with Gasteiger partial charge < -0.3 is 11.1 Å². The van der Waals surface area contributed by atoms with Gasteiger partial charge in [-0.3, -0.25) is 9.79 Å². The minimum Gasteiger partial charge on any atom is -0.388 e. The van der Waals surface area contributed by atoms with Gasteiger partial charge in [-0.05, 0) is 25.1 Å². The number of sulfone groups is 1. The number of rotatable bonds is 6. The molecule has 0 spiro atoms. The molecule has 0 aliphatic rings. The fraction of sp³-hybridized carbons (Fsp3) is 0.333. The molecule has 1 aromatic carbocycles. The first-order chi connectivity index (χ1) is 9.23. The van der Waals surface area contributed by atoms with E-state index < -0.39 is 21.7 Å². The van der Waals surface area contributed by atoms with E-state index in [0.717, 1.165) is 12.3 Å². The highest BCUT2D eigenvalue weighted by atomic mass is 32.2. The van der Waals surface area contributed by atoms with Gasteiger partial charge in [-0.15, -0.1) is 0 Å². The van der Waals surface area contributed by atoms with Crippen molar-refractivity contribution in [2.45, 2.75) is 13.0 Å². The Hall–Kier alpha value is -1.96. The van der Waals surface area contributed by atoms with Crippen LogP contribution in [0.1, 0.15) is 18.5 Å².